The number of rotatable bonds is 4. The maximum absolute atomic E-state index is 12.2. The summed E-state index contributed by atoms with van der Waals surface area (Å²) in [6.07, 6.45) is 5.49. The Morgan fingerprint density at radius 1 is 1.41 bits per heavy atom. The monoisotopic (exact) mass is 406 g/mol. The van der Waals surface area contributed by atoms with Crippen molar-refractivity contribution >= 4 is 29.5 Å². The number of alkyl halides is 3. The van der Waals surface area contributed by atoms with Gasteiger partial charge in [0, 0.05) is 11.8 Å². The normalized spacial score (nSPS) is 16.8. The minimum Gasteiger partial charge on any atom is -0.390 e. The van der Waals surface area contributed by atoms with E-state index >= 15 is 0 Å². The predicted octanol–water partition coefficient (Wildman–Crippen LogP) is 2.03. The third kappa shape index (κ3) is 5.00. The van der Waals surface area contributed by atoms with Crippen molar-refractivity contribution in [1.29, 1.82) is 0 Å². The van der Waals surface area contributed by atoms with Gasteiger partial charge in [-0.05, 0) is 24.1 Å². The maximum Gasteiger partial charge on any atom is 0.405 e. The average molecular weight is 406 g/mol. The first-order valence-corrected chi connectivity index (χ1v) is 8.52. The van der Waals surface area contributed by atoms with Gasteiger partial charge in [-0.3, -0.25) is 9.20 Å². The van der Waals surface area contributed by atoms with Crippen molar-refractivity contribution in [3.8, 4) is 0 Å². The highest BCUT2D eigenvalue weighted by molar-refractivity contribution is 5.99. The highest BCUT2D eigenvalue weighted by Gasteiger charge is 2.28. The number of carbonyl (C=O) groups excluding carboxylic acids is 2. The standard InChI is InChI=1S/C18H17F3N6O2/c19-18(20,21)9-24-17(29)26-13-3-1-2-11(6-13)14-8-23-15-7-12(4-5-27(14)15)16(28)25-10-22/h1-2,4-8,10,13H,3,9H2,(H2,22,25,28)(H2,24,26,29). The second kappa shape index (κ2) is 8.17. The second-order valence-electron chi connectivity index (χ2n) is 6.18. The summed E-state index contributed by atoms with van der Waals surface area (Å²) in [6, 6.07) is 1.75. The molecule has 1 atom stereocenters. The molecule has 0 saturated carbocycles. The number of amides is 3. The fraction of sp³-hybridized carbons (Fsp3) is 0.222. The number of fused-ring (bicyclic) bond motifs is 1. The van der Waals surface area contributed by atoms with Crippen molar-refractivity contribution in [2.75, 3.05) is 6.54 Å². The van der Waals surface area contributed by atoms with Crippen LogP contribution in [0, 0.1) is 0 Å². The van der Waals surface area contributed by atoms with Crippen molar-refractivity contribution in [2.45, 2.75) is 18.6 Å². The second-order valence-corrected chi connectivity index (χ2v) is 6.18. The molecule has 0 fully saturated rings. The van der Waals surface area contributed by atoms with Crippen LogP contribution in [0.4, 0.5) is 18.0 Å². The van der Waals surface area contributed by atoms with Gasteiger partial charge in [-0.2, -0.15) is 18.2 Å². The Balaban J connectivity index is 1.77. The van der Waals surface area contributed by atoms with Crippen molar-refractivity contribution < 1.29 is 22.8 Å². The zero-order chi connectivity index (χ0) is 21.0. The average Bonchev–Trinajstić information content (AvgIpc) is 3.09. The summed E-state index contributed by atoms with van der Waals surface area (Å²) >= 11 is 0. The third-order valence-corrected chi connectivity index (χ3v) is 4.08. The first kappa shape index (κ1) is 20.1. The van der Waals surface area contributed by atoms with Crippen LogP contribution >= 0.6 is 0 Å². The predicted molar refractivity (Wildman–Crippen MR) is 100 cm³/mol. The maximum atomic E-state index is 12.2. The molecule has 11 heteroatoms. The number of nitrogens with one attached hydrogen (secondary N) is 2. The van der Waals surface area contributed by atoms with E-state index in [1.165, 1.54) is 0 Å². The Morgan fingerprint density at radius 2 is 2.21 bits per heavy atom. The summed E-state index contributed by atoms with van der Waals surface area (Å²) in [5.41, 5.74) is 7.38. The molecule has 0 saturated heterocycles. The third-order valence-electron chi connectivity index (χ3n) is 4.08. The number of pyridine rings is 1. The van der Waals surface area contributed by atoms with Gasteiger partial charge in [0.25, 0.3) is 5.91 Å². The van der Waals surface area contributed by atoms with Crippen LogP contribution in [0.25, 0.3) is 11.2 Å². The summed E-state index contributed by atoms with van der Waals surface area (Å²) in [6.45, 7) is -1.40. The van der Waals surface area contributed by atoms with E-state index in [2.05, 4.69) is 15.3 Å². The summed E-state index contributed by atoms with van der Waals surface area (Å²) in [4.78, 5) is 31.2. The van der Waals surface area contributed by atoms with E-state index in [1.807, 2.05) is 6.08 Å². The molecule has 3 rings (SSSR count). The van der Waals surface area contributed by atoms with Crippen LogP contribution in [0.15, 0.2) is 47.7 Å². The molecule has 8 nitrogen and oxygen atoms in total. The minimum absolute atomic E-state index is 0.324. The molecular formula is C18H17F3N6O2. The number of allylic oxidation sites excluding steroid dienone is 2. The van der Waals surface area contributed by atoms with E-state index in [0.29, 0.717) is 23.3 Å². The van der Waals surface area contributed by atoms with E-state index in [0.717, 1.165) is 11.9 Å². The molecule has 1 unspecified atom stereocenters. The van der Waals surface area contributed by atoms with E-state index in [4.69, 9.17) is 5.73 Å². The highest BCUT2D eigenvalue weighted by Crippen LogP contribution is 2.23. The zero-order valence-corrected chi connectivity index (χ0v) is 15.0. The van der Waals surface area contributed by atoms with Gasteiger partial charge >= 0.3 is 12.2 Å². The lowest BCUT2D eigenvalue weighted by Gasteiger charge is -2.19. The van der Waals surface area contributed by atoms with Gasteiger partial charge in [-0.1, -0.05) is 18.2 Å². The molecule has 29 heavy (non-hydrogen) atoms. The van der Waals surface area contributed by atoms with Gasteiger partial charge < -0.3 is 16.4 Å². The lowest BCUT2D eigenvalue weighted by molar-refractivity contribution is -0.122. The molecule has 0 bridgehead atoms. The first-order valence-electron chi connectivity index (χ1n) is 8.52. The summed E-state index contributed by atoms with van der Waals surface area (Å²) in [7, 11) is 0. The number of aliphatic imine (C=N–C) groups is 1. The highest BCUT2D eigenvalue weighted by atomic mass is 19.4. The number of nitrogens with two attached hydrogens (primary N) is 1. The van der Waals surface area contributed by atoms with Gasteiger partial charge in [-0.15, -0.1) is 0 Å². The molecule has 0 radical (unpaired) electrons. The minimum atomic E-state index is -4.48. The van der Waals surface area contributed by atoms with E-state index in [-0.39, 0.29) is 0 Å². The number of halogens is 3. The smallest absolute Gasteiger partial charge is 0.390 e. The molecule has 0 spiro atoms. The summed E-state index contributed by atoms with van der Waals surface area (Å²) in [5.74, 6) is -0.495. The molecule has 2 aromatic rings. The largest absolute Gasteiger partial charge is 0.405 e. The van der Waals surface area contributed by atoms with Crippen molar-refractivity contribution in [3.05, 3.63) is 54.0 Å². The number of hydrogen-bond donors (Lipinski definition) is 3. The molecule has 1 aliphatic carbocycles. The van der Waals surface area contributed by atoms with E-state index in [9.17, 15) is 22.8 Å². The summed E-state index contributed by atoms with van der Waals surface area (Å²) in [5, 5.41) is 4.27. The van der Waals surface area contributed by atoms with Crippen LogP contribution in [0.1, 0.15) is 22.5 Å². The Kier molecular flexibility index (Phi) is 5.66. The Hall–Kier alpha value is -3.63. The number of carbonyl (C=O) groups is 2. The van der Waals surface area contributed by atoms with Crippen LogP contribution in [0.5, 0.6) is 0 Å². The summed E-state index contributed by atoms with van der Waals surface area (Å²) < 4.78 is 38.3. The molecule has 2 heterocycles. The van der Waals surface area contributed by atoms with Gasteiger partial charge in [0.2, 0.25) is 0 Å². The fourth-order valence-corrected chi connectivity index (χ4v) is 2.82. The molecule has 0 aliphatic heterocycles. The van der Waals surface area contributed by atoms with Crippen LogP contribution in [-0.2, 0) is 0 Å². The topological polar surface area (TPSA) is 114 Å². The first-order chi connectivity index (χ1) is 13.8. The SMILES string of the molecule is NC=NC(=O)c1ccn2c(C3=CC(NC(=O)NCC(F)(F)F)CC=C3)cnc2c1. The lowest BCUT2D eigenvalue weighted by atomic mass is 10.0. The Labute approximate surface area is 163 Å². The fourth-order valence-electron chi connectivity index (χ4n) is 2.82. The van der Waals surface area contributed by atoms with Crippen molar-refractivity contribution in [2.24, 2.45) is 10.7 Å². The molecule has 0 aromatic carbocycles. The number of nitrogens with zero attached hydrogens (tertiary/aromatic N) is 3. The van der Waals surface area contributed by atoms with Crippen molar-refractivity contribution in [1.82, 2.24) is 20.0 Å². The molecule has 1 aliphatic rings. The van der Waals surface area contributed by atoms with Crippen LogP contribution in [-0.4, -0.2) is 46.4 Å². The number of aromatic nitrogens is 2. The quantitative estimate of drug-likeness (QED) is 0.533. The molecule has 152 valence electrons. The van der Waals surface area contributed by atoms with Crippen LogP contribution < -0.4 is 16.4 Å². The van der Waals surface area contributed by atoms with Crippen LogP contribution in [0.2, 0.25) is 0 Å². The molecule has 4 N–H and O–H groups in total. The van der Waals surface area contributed by atoms with Crippen LogP contribution in [0.3, 0.4) is 0 Å². The lowest BCUT2D eigenvalue weighted by Crippen LogP contribution is -2.44. The number of imidazole rings is 1. The molecular weight excluding hydrogens is 389 g/mol. The van der Waals surface area contributed by atoms with Gasteiger partial charge in [0.1, 0.15) is 12.2 Å². The van der Waals surface area contributed by atoms with E-state index < -0.39 is 30.7 Å². The van der Waals surface area contributed by atoms with Gasteiger partial charge in [0.05, 0.1) is 24.3 Å². The number of hydrogen-bond acceptors (Lipinski definition) is 3. The van der Waals surface area contributed by atoms with Gasteiger partial charge in [0.15, 0.2) is 0 Å². The molecule has 3 amide bonds. The zero-order valence-electron chi connectivity index (χ0n) is 15.0. The Bertz CT molecular complexity index is 1020. The number of urea groups is 1. The Morgan fingerprint density at radius 3 is 2.93 bits per heavy atom. The van der Waals surface area contributed by atoms with Crippen molar-refractivity contribution in [3.63, 3.8) is 0 Å². The van der Waals surface area contributed by atoms with Gasteiger partial charge in [-0.25, -0.2) is 9.78 Å². The molecule has 2 aromatic heterocycles. The van der Waals surface area contributed by atoms with E-state index in [1.54, 1.807) is 46.4 Å².